The van der Waals surface area contributed by atoms with Gasteiger partial charge in [0.2, 0.25) is 0 Å². The number of benzene rings is 2. The van der Waals surface area contributed by atoms with Gasteiger partial charge < -0.3 is 0 Å². The van der Waals surface area contributed by atoms with Crippen molar-refractivity contribution in [1.82, 2.24) is 19.7 Å². The van der Waals surface area contributed by atoms with Crippen LogP contribution in [0.15, 0.2) is 73.1 Å². The van der Waals surface area contributed by atoms with Gasteiger partial charge in [-0.25, -0.2) is 9.67 Å². The van der Waals surface area contributed by atoms with Gasteiger partial charge in [0.15, 0.2) is 5.65 Å². The predicted molar refractivity (Wildman–Crippen MR) is 127 cm³/mol. The Kier molecular flexibility index (Phi) is 5.37. The molecular weight excluding hydrogens is 461 g/mol. The Hall–Kier alpha value is -3.71. The standard InChI is InChI=1S/C26H18ClF3N4/c1-15-5-8-17(9-6-15)24-23-20(26(28,29)30)13-22(18-4-3-11-31-14-18)32-25(23)34(33-24)19-10-7-16(2)21(27)12-19/h3-14H,1-2H3. The van der Waals surface area contributed by atoms with Crippen molar-refractivity contribution in [2.24, 2.45) is 0 Å². The number of aryl methyl sites for hydroxylation is 2. The average Bonchev–Trinajstić information content (AvgIpc) is 3.20. The summed E-state index contributed by atoms with van der Waals surface area (Å²) in [4.78, 5) is 8.66. The zero-order valence-electron chi connectivity index (χ0n) is 18.2. The Morgan fingerprint density at radius 1 is 0.912 bits per heavy atom. The molecule has 0 spiro atoms. The highest BCUT2D eigenvalue weighted by atomic mass is 35.5. The van der Waals surface area contributed by atoms with Gasteiger partial charge >= 0.3 is 6.18 Å². The molecule has 8 heteroatoms. The molecule has 0 aliphatic rings. The van der Waals surface area contributed by atoms with E-state index in [0.29, 0.717) is 21.8 Å². The van der Waals surface area contributed by atoms with Gasteiger partial charge in [-0.3, -0.25) is 4.98 Å². The summed E-state index contributed by atoms with van der Waals surface area (Å²) < 4.78 is 44.6. The number of aromatic nitrogens is 4. The van der Waals surface area contributed by atoms with Gasteiger partial charge in [-0.2, -0.15) is 18.3 Å². The van der Waals surface area contributed by atoms with Crippen LogP contribution in [-0.4, -0.2) is 19.7 Å². The van der Waals surface area contributed by atoms with Crippen LogP contribution in [0.3, 0.4) is 0 Å². The first-order valence-electron chi connectivity index (χ1n) is 10.5. The summed E-state index contributed by atoms with van der Waals surface area (Å²) in [5.41, 5.74) is 3.03. The van der Waals surface area contributed by atoms with E-state index in [1.165, 1.54) is 10.9 Å². The quantitative estimate of drug-likeness (QED) is 0.270. The van der Waals surface area contributed by atoms with Crippen molar-refractivity contribution >= 4 is 22.6 Å². The number of halogens is 4. The third kappa shape index (κ3) is 3.92. The van der Waals surface area contributed by atoms with E-state index in [0.717, 1.165) is 17.2 Å². The molecule has 170 valence electrons. The molecule has 5 aromatic rings. The predicted octanol–water partition coefficient (Wildman–Crippen LogP) is 7.44. The summed E-state index contributed by atoms with van der Waals surface area (Å²) in [5.74, 6) is 0. The average molecular weight is 479 g/mol. The van der Waals surface area contributed by atoms with Crippen molar-refractivity contribution in [3.8, 4) is 28.2 Å². The molecular formula is C26H18ClF3N4. The maximum atomic E-state index is 14.4. The third-order valence-corrected chi connectivity index (χ3v) is 6.03. The molecule has 34 heavy (non-hydrogen) atoms. The summed E-state index contributed by atoms with van der Waals surface area (Å²) in [7, 11) is 0. The van der Waals surface area contributed by atoms with E-state index in [4.69, 9.17) is 11.6 Å². The van der Waals surface area contributed by atoms with Gasteiger partial charge in [-0.1, -0.05) is 47.5 Å². The monoisotopic (exact) mass is 478 g/mol. The van der Waals surface area contributed by atoms with Gasteiger partial charge in [-0.15, -0.1) is 0 Å². The molecule has 0 saturated heterocycles. The summed E-state index contributed by atoms with van der Waals surface area (Å²) in [6, 6.07) is 16.8. The molecule has 0 radical (unpaired) electrons. The highest BCUT2D eigenvalue weighted by molar-refractivity contribution is 6.31. The molecule has 0 bridgehead atoms. The normalized spacial score (nSPS) is 11.8. The first kappa shape index (κ1) is 22.1. The van der Waals surface area contributed by atoms with Gasteiger partial charge in [0.25, 0.3) is 0 Å². The SMILES string of the molecule is Cc1ccc(-c2nn(-c3ccc(C)c(Cl)c3)c3nc(-c4cccnc4)cc(C(F)(F)F)c23)cc1. The molecule has 0 amide bonds. The maximum Gasteiger partial charge on any atom is 0.417 e. The van der Waals surface area contributed by atoms with Crippen molar-refractivity contribution in [2.45, 2.75) is 20.0 Å². The number of pyridine rings is 2. The lowest BCUT2D eigenvalue weighted by Crippen LogP contribution is -2.08. The summed E-state index contributed by atoms with van der Waals surface area (Å²) >= 11 is 6.34. The van der Waals surface area contributed by atoms with Crippen LogP contribution >= 0.6 is 11.6 Å². The maximum absolute atomic E-state index is 14.4. The highest BCUT2D eigenvalue weighted by Gasteiger charge is 2.36. The van der Waals surface area contributed by atoms with Crippen LogP contribution in [0, 0.1) is 13.8 Å². The van der Waals surface area contributed by atoms with Gasteiger partial charge in [0.1, 0.15) is 5.69 Å². The molecule has 5 rings (SSSR count). The van der Waals surface area contributed by atoms with Crippen LogP contribution in [0.5, 0.6) is 0 Å². The number of rotatable bonds is 3. The second-order valence-corrected chi connectivity index (χ2v) is 8.46. The molecule has 3 heterocycles. The fourth-order valence-corrected chi connectivity index (χ4v) is 3.98. The molecule has 3 aromatic heterocycles. The van der Waals surface area contributed by atoms with E-state index in [2.05, 4.69) is 15.1 Å². The Labute approximate surface area is 198 Å². The number of alkyl halides is 3. The van der Waals surface area contributed by atoms with Crippen molar-refractivity contribution in [1.29, 1.82) is 0 Å². The van der Waals surface area contributed by atoms with Gasteiger partial charge in [0, 0.05) is 28.5 Å². The zero-order chi connectivity index (χ0) is 24.0. The lowest BCUT2D eigenvalue weighted by atomic mass is 10.0. The summed E-state index contributed by atoms with van der Waals surface area (Å²) in [5, 5.41) is 5.03. The molecule has 0 unspecified atom stereocenters. The van der Waals surface area contributed by atoms with Crippen LogP contribution in [0.25, 0.3) is 39.2 Å². The van der Waals surface area contributed by atoms with Gasteiger partial charge in [-0.05, 0) is 49.7 Å². The van der Waals surface area contributed by atoms with E-state index in [1.807, 2.05) is 26.0 Å². The van der Waals surface area contributed by atoms with Crippen LogP contribution in [0.2, 0.25) is 5.02 Å². The molecule has 4 nitrogen and oxygen atoms in total. The first-order valence-corrected chi connectivity index (χ1v) is 10.8. The Morgan fingerprint density at radius 2 is 1.68 bits per heavy atom. The minimum atomic E-state index is -4.63. The largest absolute Gasteiger partial charge is 0.417 e. The Bertz CT molecular complexity index is 1510. The van der Waals surface area contributed by atoms with E-state index in [-0.39, 0.29) is 22.4 Å². The lowest BCUT2D eigenvalue weighted by Gasteiger charge is -2.12. The second kappa shape index (κ2) is 8.25. The third-order valence-electron chi connectivity index (χ3n) is 5.63. The number of hydrogen-bond acceptors (Lipinski definition) is 3. The lowest BCUT2D eigenvalue weighted by molar-refractivity contribution is -0.136. The van der Waals surface area contributed by atoms with Crippen LogP contribution in [0.4, 0.5) is 13.2 Å². The molecule has 0 aliphatic carbocycles. The van der Waals surface area contributed by atoms with Crippen molar-refractivity contribution in [3.05, 3.63) is 94.8 Å². The fraction of sp³-hybridized carbons (Fsp3) is 0.115. The minimum absolute atomic E-state index is 0.0688. The van der Waals surface area contributed by atoms with Gasteiger partial charge in [0.05, 0.1) is 22.3 Å². The minimum Gasteiger partial charge on any atom is -0.264 e. The summed E-state index contributed by atoms with van der Waals surface area (Å²) in [6.07, 6.45) is -1.59. The molecule has 0 aliphatic heterocycles. The van der Waals surface area contributed by atoms with Crippen LogP contribution in [-0.2, 0) is 6.18 Å². The molecule has 2 aromatic carbocycles. The topological polar surface area (TPSA) is 43.6 Å². The highest BCUT2D eigenvalue weighted by Crippen LogP contribution is 2.41. The van der Waals surface area contributed by atoms with E-state index in [1.54, 1.807) is 48.7 Å². The zero-order valence-corrected chi connectivity index (χ0v) is 19.0. The first-order chi connectivity index (χ1) is 16.2. The number of nitrogens with zero attached hydrogens (tertiary/aromatic N) is 4. The Morgan fingerprint density at radius 3 is 2.32 bits per heavy atom. The molecule has 0 atom stereocenters. The molecule has 0 N–H and O–H groups in total. The van der Waals surface area contributed by atoms with Crippen molar-refractivity contribution in [3.63, 3.8) is 0 Å². The smallest absolute Gasteiger partial charge is 0.264 e. The molecule has 0 fully saturated rings. The van der Waals surface area contributed by atoms with Crippen molar-refractivity contribution < 1.29 is 13.2 Å². The number of fused-ring (bicyclic) bond motifs is 1. The summed E-state index contributed by atoms with van der Waals surface area (Å²) in [6.45, 7) is 3.77. The Balaban J connectivity index is 1.90. The molecule has 0 saturated carbocycles. The van der Waals surface area contributed by atoms with Crippen molar-refractivity contribution in [2.75, 3.05) is 0 Å². The van der Waals surface area contributed by atoms with E-state index >= 15 is 0 Å². The second-order valence-electron chi connectivity index (χ2n) is 8.05. The van der Waals surface area contributed by atoms with E-state index in [9.17, 15) is 13.2 Å². The van der Waals surface area contributed by atoms with Crippen LogP contribution in [0.1, 0.15) is 16.7 Å². The van der Waals surface area contributed by atoms with Crippen LogP contribution < -0.4 is 0 Å². The fourth-order valence-electron chi connectivity index (χ4n) is 3.81. The van der Waals surface area contributed by atoms with E-state index < -0.39 is 11.7 Å². The number of hydrogen-bond donors (Lipinski definition) is 0.